The molecule has 0 aliphatic heterocycles. The molecular weight excluding hydrogens is 380 g/mol. The average molecular weight is 404 g/mol. The molecule has 0 spiro atoms. The van der Waals surface area contributed by atoms with Crippen LogP contribution in [0, 0.1) is 0 Å². The molecule has 2 aromatic carbocycles. The highest BCUT2D eigenvalue weighted by molar-refractivity contribution is 5.91. The number of hydrogen-bond acceptors (Lipinski definition) is 5. The smallest absolute Gasteiger partial charge is 0.244 e. The van der Waals surface area contributed by atoms with Crippen molar-refractivity contribution in [1.82, 2.24) is 20.1 Å². The predicted octanol–water partition coefficient (Wildman–Crippen LogP) is 3.23. The third kappa shape index (κ3) is 6.07. The first-order valence-electron chi connectivity index (χ1n) is 9.46. The lowest BCUT2D eigenvalue weighted by Crippen LogP contribution is -2.20. The van der Waals surface area contributed by atoms with Gasteiger partial charge in [-0.2, -0.15) is 5.10 Å². The first-order valence-corrected chi connectivity index (χ1v) is 9.46. The van der Waals surface area contributed by atoms with Crippen LogP contribution >= 0.6 is 0 Å². The van der Waals surface area contributed by atoms with E-state index < -0.39 is 0 Å². The molecule has 1 aromatic heterocycles. The number of nitrogens with one attached hydrogen (secondary N) is 1. The summed E-state index contributed by atoms with van der Waals surface area (Å²) in [5.74, 6) is 1.05. The van der Waals surface area contributed by atoms with E-state index in [0.717, 1.165) is 16.7 Å². The Morgan fingerprint density at radius 3 is 2.83 bits per heavy atom. The molecule has 0 radical (unpaired) electrons. The van der Waals surface area contributed by atoms with Gasteiger partial charge in [0.2, 0.25) is 5.91 Å². The molecule has 3 aromatic rings. The lowest BCUT2D eigenvalue weighted by molar-refractivity contribution is -0.116. The van der Waals surface area contributed by atoms with Gasteiger partial charge in [0.25, 0.3) is 0 Å². The molecule has 0 unspecified atom stereocenters. The van der Waals surface area contributed by atoms with E-state index in [1.807, 2.05) is 36.4 Å². The second-order valence-corrected chi connectivity index (χ2v) is 6.47. The maximum absolute atomic E-state index is 12.2. The Morgan fingerprint density at radius 2 is 2.07 bits per heavy atom. The van der Waals surface area contributed by atoms with Gasteiger partial charge in [-0.05, 0) is 34.9 Å². The number of nitrogens with zero attached hydrogens (tertiary/aromatic N) is 3. The zero-order valence-electron chi connectivity index (χ0n) is 16.8. The monoisotopic (exact) mass is 404 g/mol. The van der Waals surface area contributed by atoms with E-state index >= 15 is 0 Å². The van der Waals surface area contributed by atoms with Gasteiger partial charge >= 0.3 is 0 Å². The summed E-state index contributed by atoms with van der Waals surface area (Å²) in [6.07, 6.45) is 8.08. The van der Waals surface area contributed by atoms with Gasteiger partial charge in [-0.1, -0.05) is 43.0 Å². The van der Waals surface area contributed by atoms with Crippen LogP contribution in [0.5, 0.6) is 11.5 Å². The van der Waals surface area contributed by atoms with E-state index in [4.69, 9.17) is 9.47 Å². The third-order valence-corrected chi connectivity index (χ3v) is 4.24. The van der Waals surface area contributed by atoms with E-state index in [1.54, 1.807) is 36.3 Å². The number of amides is 1. The molecule has 0 atom stereocenters. The average Bonchev–Trinajstić information content (AvgIpc) is 3.28. The quantitative estimate of drug-likeness (QED) is 0.415. The van der Waals surface area contributed by atoms with Crippen LogP contribution in [0.15, 0.2) is 73.9 Å². The molecule has 7 heteroatoms. The Kier molecular flexibility index (Phi) is 7.38. The van der Waals surface area contributed by atoms with Crippen molar-refractivity contribution in [2.45, 2.75) is 13.1 Å². The van der Waals surface area contributed by atoms with Crippen LogP contribution < -0.4 is 14.8 Å². The van der Waals surface area contributed by atoms with Crippen molar-refractivity contribution in [2.75, 3.05) is 13.7 Å². The molecule has 0 aliphatic carbocycles. The Morgan fingerprint density at radius 1 is 1.20 bits per heavy atom. The summed E-state index contributed by atoms with van der Waals surface area (Å²) >= 11 is 0. The summed E-state index contributed by atoms with van der Waals surface area (Å²) in [6, 6.07) is 13.5. The predicted molar refractivity (Wildman–Crippen MR) is 115 cm³/mol. The van der Waals surface area contributed by atoms with Crippen LogP contribution in [0.1, 0.15) is 16.7 Å². The summed E-state index contributed by atoms with van der Waals surface area (Å²) in [5.41, 5.74) is 2.94. The summed E-state index contributed by atoms with van der Waals surface area (Å²) in [4.78, 5) is 16.1. The minimum atomic E-state index is -0.178. The largest absolute Gasteiger partial charge is 0.493 e. The molecule has 0 fully saturated rings. The number of hydrogen-bond donors (Lipinski definition) is 1. The lowest BCUT2D eigenvalue weighted by Gasteiger charge is -2.09. The molecule has 30 heavy (non-hydrogen) atoms. The fourth-order valence-electron chi connectivity index (χ4n) is 2.82. The minimum absolute atomic E-state index is 0.178. The van der Waals surface area contributed by atoms with Gasteiger partial charge in [-0.15, -0.1) is 0 Å². The highest BCUT2D eigenvalue weighted by Gasteiger charge is 2.05. The summed E-state index contributed by atoms with van der Waals surface area (Å²) < 4.78 is 12.6. The molecule has 0 saturated carbocycles. The maximum Gasteiger partial charge on any atom is 0.244 e. The number of rotatable bonds is 10. The van der Waals surface area contributed by atoms with Crippen molar-refractivity contribution < 1.29 is 14.3 Å². The zero-order chi connectivity index (χ0) is 21.2. The normalized spacial score (nSPS) is 10.7. The fourth-order valence-corrected chi connectivity index (χ4v) is 2.82. The van der Waals surface area contributed by atoms with Crippen molar-refractivity contribution in [2.24, 2.45) is 0 Å². The molecule has 1 N–H and O–H groups in total. The van der Waals surface area contributed by atoms with Crippen LogP contribution in [0.25, 0.3) is 6.08 Å². The van der Waals surface area contributed by atoms with E-state index in [2.05, 4.69) is 22.0 Å². The standard InChI is InChI=1S/C23H24N4O3/c1-3-11-30-21-9-7-18(13-22(21)29-2)8-10-23(28)25-14-19-5-4-6-20(12-19)15-27-17-24-16-26-27/h3-10,12-13,16-17H,1,11,14-15H2,2H3,(H,25,28)/b10-8+. The molecule has 3 rings (SSSR count). The summed E-state index contributed by atoms with van der Waals surface area (Å²) in [7, 11) is 1.58. The Bertz CT molecular complexity index is 1010. The van der Waals surface area contributed by atoms with Crippen LogP contribution in [0.2, 0.25) is 0 Å². The van der Waals surface area contributed by atoms with Crippen LogP contribution in [0.3, 0.4) is 0 Å². The van der Waals surface area contributed by atoms with Crippen molar-refractivity contribution in [1.29, 1.82) is 0 Å². The SMILES string of the molecule is C=CCOc1ccc(/C=C/C(=O)NCc2cccc(Cn3cncn3)c2)cc1OC. The Labute approximate surface area is 175 Å². The van der Waals surface area contributed by atoms with Gasteiger partial charge in [0.05, 0.1) is 13.7 Å². The fraction of sp³-hybridized carbons (Fsp3) is 0.174. The van der Waals surface area contributed by atoms with Crippen LogP contribution in [-0.4, -0.2) is 34.4 Å². The molecule has 1 heterocycles. The highest BCUT2D eigenvalue weighted by atomic mass is 16.5. The van der Waals surface area contributed by atoms with Crippen molar-refractivity contribution in [3.05, 3.63) is 90.5 Å². The molecule has 154 valence electrons. The second-order valence-electron chi connectivity index (χ2n) is 6.47. The minimum Gasteiger partial charge on any atom is -0.493 e. The number of methoxy groups -OCH3 is 1. The van der Waals surface area contributed by atoms with Gasteiger partial charge in [0.1, 0.15) is 19.3 Å². The van der Waals surface area contributed by atoms with Crippen molar-refractivity contribution in [3.8, 4) is 11.5 Å². The van der Waals surface area contributed by atoms with Gasteiger partial charge in [-0.3, -0.25) is 4.79 Å². The van der Waals surface area contributed by atoms with E-state index in [-0.39, 0.29) is 5.91 Å². The van der Waals surface area contributed by atoms with Gasteiger partial charge < -0.3 is 14.8 Å². The van der Waals surface area contributed by atoms with Crippen LogP contribution in [0.4, 0.5) is 0 Å². The molecule has 0 saturated heterocycles. The van der Waals surface area contributed by atoms with Crippen molar-refractivity contribution in [3.63, 3.8) is 0 Å². The van der Waals surface area contributed by atoms with Gasteiger partial charge in [0.15, 0.2) is 11.5 Å². The molecule has 1 amide bonds. The maximum atomic E-state index is 12.2. The lowest BCUT2D eigenvalue weighted by atomic mass is 10.1. The van der Waals surface area contributed by atoms with Gasteiger partial charge in [0, 0.05) is 12.6 Å². The first-order chi connectivity index (χ1) is 14.7. The number of benzene rings is 2. The van der Waals surface area contributed by atoms with E-state index in [1.165, 1.54) is 12.4 Å². The molecule has 7 nitrogen and oxygen atoms in total. The Balaban J connectivity index is 1.55. The summed E-state index contributed by atoms with van der Waals surface area (Å²) in [6.45, 7) is 5.10. The number of carbonyl (C=O) groups is 1. The number of ether oxygens (including phenoxy) is 2. The number of carbonyl (C=O) groups excluding carboxylic acids is 1. The summed E-state index contributed by atoms with van der Waals surface area (Å²) in [5, 5.41) is 7.00. The molecular formula is C23H24N4O3. The number of aromatic nitrogens is 3. The first kappa shape index (κ1) is 20.9. The topological polar surface area (TPSA) is 78.3 Å². The van der Waals surface area contributed by atoms with E-state index in [9.17, 15) is 4.79 Å². The molecule has 0 bridgehead atoms. The zero-order valence-corrected chi connectivity index (χ0v) is 16.8. The third-order valence-electron chi connectivity index (χ3n) is 4.24. The van der Waals surface area contributed by atoms with Crippen molar-refractivity contribution >= 4 is 12.0 Å². The molecule has 0 aliphatic rings. The Hall–Kier alpha value is -3.87. The van der Waals surface area contributed by atoms with E-state index in [0.29, 0.717) is 31.2 Å². The second kappa shape index (κ2) is 10.6. The highest BCUT2D eigenvalue weighted by Crippen LogP contribution is 2.28. The van der Waals surface area contributed by atoms with Gasteiger partial charge in [-0.25, -0.2) is 9.67 Å². The van der Waals surface area contributed by atoms with Crippen LogP contribution in [-0.2, 0) is 17.9 Å².